The fraction of sp³-hybridized carbons (Fsp3) is 0.867. The molecule has 0 amide bonds. The molecule has 0 nitrogen and oxygen atoms in total. The third-order valence-electron chi connectivity index (χ3n) is 8.01. The second kappa shape index (κ2) is 13.8. The van der Waals surface area contributed by atoms with Crippen molar-refractivity contribution in [2.75, 3.05) is 0 Å². The summed E-state index contributed by atoms with van der Waals surface area (Å²) in [5.41, 5.74) is 0.190. The highest BCUT2D eigenvalue weighted by Gasteiger charge is 2.41. The molecule has 0 aliphatic heterocycles. The van der Waals surface area contributed by atoms with E-state index in [2.05, 4.69) is 80.2 Å². The van der Waals surface area contributed by atoms with Gasteiger partial charge in [-0.3, -0.25) is 0 Å². The Labute approximate surface area is 191 Å². The highest BCUT2D eigenvalue weighted by Crippen LogP contribution is 2.49. The molecule has 0 heteroatoms. The molecule has 0 radical (unpaired) electrons. The van der Waals surface area contributed by atoms with Gasteiger partial charge in [0.25, 0.3) is 0 Å². The van der Waals surface area contributed by atoms with E-state index in [0.29, 0.717) is 0 Å². The van der Waals surface area contributed by atoms with E-state index in [1.54, 1.807) is 0 Å². The second-order valence-corrected chi connectivity index (χ2v) is 12.1. The van der Waals surface area contributed by atoms with Gasteiger partial charge in [0.15, 0.2) is 0 Å². The van der Waals surface area contributed by atoms with Crippen LogP contribution in [0.5, 0.6) is 0 Å². The Bertz CT molecular complexity index is 484. The molecule has 0 aromatic carbocycles. The Morgan fingerprint density at radius 1 is 0.767 bits per heavy atom. The molecule has 0 aromatic rings. The smallest absolute Gasteiger partial charge is 0.00641 e. The fourth-order valence-corrected chi connectivity index (χ4v) is 5.63. The molecule has 1 rings (SSSR count). The Morgan fingerprint density at radius 2 is 1.27 bits per heavy atom. The summed E-state index contributed by atoms with van der Waals surface area (Å²) in [6.45, 7) is 23.5. The Kier molecular flexibility index (Phi) is 12.7. The minimum Gasteiger partial charge on any atom is -0.102 e. The lowest BCUT2D eigenvalue weighted by molar-refractivity contribution is 0.174. The minimum absolute atomic E-state index is 0.190. The van der Waals surface area contributed by atoms with E-state index < -0.39 is 0 Å². The van der Waals surface area contributed by atoms with Crippen LogP contribution in [0.25, 0.3) is 0 Å². The molecule has 0 N–H and O–H groups in total. The predicted octanol–water partition coefficient (Wildman–Crippen LogP) is 10.1. The lowest BCUT2D eigenvalue weighted by Gasteiger charge is -2.36. The van der Waals surface area contributed by atoms with Crippen molar-refractivity contribution in [3.63, 3.8) is 0 Å². The molecular weight excluding hydrogens is 360 g/mol. The predicted molar refractivity (Wildman–Crippen MR) is 138 cm³/mol. The van der Waals surface area contributed by atoms with Crippen LogP contribution in [0.3, 0.4) is 0 Å². The molecule has 0 bridgehead atoms. The van der Waals surface area contributed by atoms with Crippen LogP contribution in [0, 0.1) is 46.8 Å². The molecule has 0 spiro atoms. The first kappa shape index (κ1) is 27.5. The zero-order chi connectivity index (χ0) is 22.7. The van der Waals surface area contributed by atoms with Gasteiger partial charge in [0.2, 0.25) is 0 Å². The summed E-state index contributed by atoms with van der Waals surface area (Å²) in [4.78, 5) is 0. The number of hydrogen-bond acceptors (Lipinski definition) is 0. The van der Waals surface area contributed by atoms with Crippen molar-refractivity contribution >= 4 is 0 Å². The molecule has 0 saturated carbocycles. The highest BCUT2D eigenvalue weighted by molar-refractivity contribution is 5.20. The monoisotopic (exact) mass is 416 g/mol. The van der Waals surface area contributed by atoms with Crippen LogP contribution in [0.1, 0.15) is 120 Å². The summed E-state index contributed by atoms with van der Waals surface area (Å²) in [5, 5.41) is 0. The van der Waals surface area contributed by atoms with Gasteiger partial charge in [-0.1, -0.05) is 131 Å². The third-order valence-corrected chi connectivity index (χ3v) is 8.01. The van der Waals surface area contributed by atoms with E-state index in [0.717, 1.165) is 41.4 Å². The van der Waals surface area contributed by atoms with Crippen molar-refractivity contribution in [2.45, 2.75) is 120 Å². The van der Waals surface area contributed by atoms with E-state index in [9.17, 15) is 0 Å². The van der Waals surface area contributed by atoms with E-state index >= 15 is 0 Å². The Balaban J connectivity index is 2.49. The SMILES string of the molecule is C=CC1(C)C=CC(C(C)CCCC(C)C)C1CC(C)CCCC(C)CCCC(C)C. The molecule has 6 atom stereocenters. The molecule has 0 heterocycles. The first-order chi connectivity index (χ1) is 14.1. The molecule has 0 saturated heterocycles. The van der Waals surface area contributed by atoms with Crippen LogP contribution in [0.15, 0.2) is 24.8 Å². The largest absolute Gasteiger partial charge is 0.102 e. The summed E-state index contributed by atoms with van der Waals surface area (Å²) in [5.74, 6) is 5.68. The van der Waals surface area contributed by atoms with Gasteiger partial charge in [0.1, 0.15) is 0 Å². The van der Waals surface area contributed by atoms with Crippen LogP contribution < -0.4 is 0 Å². The Hall–Kier alpha value is -0.520. The molecule has 1 aliphatic rings. The molecule has 0 fully saturated rings. The molecule has 30 heavy (non-hydrogen) atoms. The lowest BCUT2D eigenvalue weighted by Crippen LogP contribution is -2.29. The molecule has 176 valence electrons. The van der Waals surface area contributed by atoms with Crippen molar-refractivity contribution < 1.29 is 0 Å². The van der Waals surface area contributed by atoms with E-state index in [4.69, 9.17) is 0 Å². The fourth-order valence-electron chi connectivity index (χ4n) is 5.63. The Morgan fingerprint density at radius 3 is 1.80 bits per heavy atom. The average molecular weight is 417 g/mol. The minimum atomic E-state index is 0.190. The maximum absolute atomic E-state index is 4.23. The number of hydrogen-bond donors (Lipinski definition) is 0. The summed E-state index contributed by atoms with van der Waals surface area (Å²) in [6.07, 6.45) is 21.2. The zero-order valence-electron chi connectivity index (χ0n) is 22.1. The third kappa shape index (κ3) is 9.74. The quantitative estimate of drug-likeness (QED) is 0.219. The summed E-state index contributed by atoms with van der Waals surface area (Å²) in [7, 11) is 0. The van der Waals surface area contributed by atoms with Crippen molar-refractivity contribution in [3.8, 4) is 0 Å². The summed E-state index contributed by atoms with van der Waals surface area (Å²) < 4.78 is 0. The van der Waals surface area contributed by atoms with Gasteiger partial charge in [-0.15, -0.1) is 6.58 Å². The van der Waals surface area contributed by atoms with Gasteiger partial charge in [0, 0.05) is 5.41 Å². The van der Waals surface area contributed by atoms with Crippen LogP contribution in [0.4, 0.5) is 0 Å². The van der Waals surface area contributed by atoms with Crippen LogP contribution >= 0.6 is 0 Å². The van der Waals surface area contributed by atoms with Crippen molar-refractivity contribution in [1.29, 1.82) is 0 Å². The first-order valence-electron chi connectivity index (χ1n) is 13.4. The molecular formula is C30H56. The molecule has 0 aromatic heterocycles. The zero-order valence-corrected chi connectivity index (χ0v) is 22.1. The number of rotatable bonds is 16. The van der Waals surface area contributed by atoms with Crippen LogP contribution in [-0.4, -0.2) is 0 Å². The van der Waals surface area contributed by atoms with Gasteiger partial charge >= 0.3 is 0 Å². The summed E-state index contributed by atoms with van der Waals surface area (Å²) >= 11 is 0. The van der Waals surface area contributed by atoms with Gasteiger partial charge in [-0.2, -0.15) is 0 Å². The first-order valence-corrected chi connectivity index (χ1v) is 13.4. The topological polar surface area (TPSA) is 0 Å². The standard InChI is InChI=1S/C30H56/c1-10-30(9)21-20-28(27(8)19-12-15-24(4)5)29(30)22-26(7)18-13-17-25(6)16-11-14-23(2)3/h10,20-21,23-29H,1,11-19,22H2,2-9H3. The van der Waals surface area contributed by atoms with Crippen molar-refractivity contribution in [3.05, 3.63) is 24.8 Å². The maximum atomic E-state index is 4.23. The van der Waals surface area contributed by atoms with E-state index in [-0.39, 0.29) is 5.41 Å². The summed E-state index contributed by atoms with van der Waals surface area (Å²) in [6, 6.07) is 0. The van der Waals surface area contributed by atoms with Gasteiger partial charge in [-0.25, -0.2) is 0 Å². The number of allylic oxidation sites excluding steroid dienone is 3. The van der Waals surface area contributed by atoms with Gasteiger partial charge in [0.05, 0.1) is 0 Å². The average Bonchev–Trinajstić information content (AvgIpc) is 2.98. The highest BCUT2D eigenvalue weighted by atomic mass is 14.5. The van der Waals surface area contributed by atoms with Gasteiger partial charge < -0.3 is 0 Å². The lowest BCUT2D eigenvalue weighted by atomic mass is 9.68. The van der Waals surface area contributed by atoms with Gasteiger partial charge in [-0.05, 0) is 47.8 Å². The maximum Gasteiger partial charge on any atom is 0.00641 e. The normalized spacial score (nSPS) is 27.0. The van der Waals surface area contributed by atoms with E-state index in [1.165, 1.54) is 64.2 Å². The van der Waals surface area contributed by atoms with E-state index in [1.807, 2.05) is 0 Å². The van der Waals surface area contributed by atoms with Crippen LogP contribution in [0.2, 0.25) is 0 Å². The van der Waals surface area contributed by atoms with Crippen LogP contribution in [-0.2, 0) is 0 Å². The molecule has 1 aliphatic carbocycles. The molecule has 6 unspecified atom stereocenters. The van der Waals surface area contributed by atoms with Crippen molar-refractivity contribution in [1.82, 2.24) is 0 Å². The second-order valence-electron chi connectivity index (χ2n) is 12.1. The van der Waals surface area contributed by atoms with Crippen molar-refractivity contribution in [2.24, 2.45) is 46.8 Å².